The lowest BCUT2D eigenvalue weighted by atomic mass is 10.2. The van der Waals surface area contributed by atoms with Gasteiger partial charge in [0.15, 0.2) is 0 Å². The van der Waals surface area contributed by atoms with Gasteiger partial charge in [0.2, 0.25) is 0 Å². The van der Waals surface area contributed by atoms with Crippen LogP contribution in [0.4, 0.5) is 11.6 Å². The molecule has 1 aromatic heterocycles. The number of nitrogens with one attached hydrogen (secondary N) is 1. The summed E-state index contributed by atoms with van der Waals surface area (Å²) in [5.41, 5.74) is 1.15. The quantitative estimate of drug-likeness (QED) is 0.752. The molecule has 0 spiro atoms. The molecule has 0 aliphatic rings. The average molecular weight is 311 g/mol. The standard InChI is InChI=1S/C16H30N4S/c1-7-10-17-15-13(4)16(19-14(8-2)18-15)20(5)12(3)9-11-21-6/h12H,7-11H2,1-6H3,(H,17,18,19). The van der Waals surface area contributed by atoms with Gasteiger partial charge >= 0.3 is 0 Å². The van der Waals surface area contributed by atoms with Crippen molar-refractivity contribution in [2.75, 3.05) is 35.8 Å². The Labute approximate surface area is 134 Å². The second kappa shape index (κ2) is 9.13. The van der Waals surface area contributed by atoms with Crippen molar-refractivity contribution in [2.24, 2.45) is 0 Å². The molecule has 1 unspecified atom stereocenters. The molecule has 0 saturated heterocycles. The first-order valence-electron chi connectivity index (χ1n) is 7.88. The van der Waals surface area contributed by atoms with E-state index in [1.807, 2.05) is 11.8 Å². The van der Waals surface area contributed by atoms with Gasteiger partial charge in [0, 0.05) is 31.6 Å². The molecule has 1 N–H and O–H groups in total. The number of aromatic nitrogens is 2. The highest BCUT2D eigenvalue weighted by atomic mass is 32.2. The van der Waals surface area contributed by atoms with Crippen LogP contribution in [0.1, 0.15) is 45.0 Å². The molecule has 5 heteroatoms. The summed E-state index contributed by atoms with van der Waals surface area (Å²) in [7, 11) is 2.14. The number of rotatable bonds is 9. The van der Waals surface area contributed by atoms with Crippen LogP contribution in [0.25, 0.3) is 0 Å². The molecular formula is C16H30N4S. The highest BCUT2D eigenvalue weighted by Crippen LogP contribution is 2.25. The molecule has 1 rings (SSSR count). The van der Waals surface area contributed by atoms with Gasteiger partial charge in [-0.1, -0.05) is 13.8 Å². The van der Waals surface area contributed by atoms with Crippen LogP contribution in [-0.2, 0) is 6.42 Å². The Hall–Kier alpha value is -0.970. The zero-order valence-corrected chi connectivity index (χ0v) is 15.2. The maximum Gasteiger partial charge on any atom is 0.137 e. The van der Waals surface area contributed by atoms with Crippen molar-refractivity contribution in [3.05, 3.63) is 11.4 Å². The van der Waals surface area contributed by atoms with E-state index in [2.05, 4.69) is 56.2 Å². The summed E-state index contributed by atoms with van der Waals surface area (Å²) >= 11 is 1.90. The lowest BCUT2D eigenvalue weighted by molar-refractivity contribution is 0.657. The van der Waals surface area contributed by atoms with Gasteiger partial charge in [-0.25, -0.2) is 9.97 Å². The zero-order chi connectivity index (χ0) is 15.8. The van der Waals surface area contributed by atoms with Gasteiger partial charge in [-0.05, 0) is 38.7 Å². The Bertz CT molecular complexity index is 437. The first-order valence-corrected chi connectivity index (χ1v) is 9.27. The minimum Gasteiger partial charge on any atom is -0.370 e. The normalized spacial score (nSPS) is 12.3. The zero-order valence-electron chi connectivity index (χ0n) is 14.4. The van der Waals surface area contributed by atoms with Crippen molar-refractivity contribution in [3.63, 3.8) is 0 Å². The highest BCUT2D eigenvalue weighted by Gasteiger charge is 2.17. The highest BCUT2D eigenvalue weighted by molar-refractivity contribution is 7.98. The molecule has 1 heterocycles. The fraction of sp³-hybridized carbons (Fsp3) is 0.750. The lowest BCUT2D eigenvalue weighted by Gasteiger charge is -2.28. The molecule has 1 atom stereocenters. The van der Waals surface area contributed by atoms with Gasteiger partial charge in [-0.3, -0.25) is 0 Å². The fourth-order valence-electron chi connectivity index (χ4n) is 2.16. The van der Waals surface area contributed by atoms with Crippen molar-refractivity contribution in [3.8, 4) is 0 Å². The predicted molar refractivity (Wildman–Crippen MR) is 95.8 cm³/mol. The molecule has 120 valence electrons. The third-order valence-corrected chi connectivity index (χ3v) is 4.40. The van der Waals surface area contributed by atoms with Gasteiger partial charge in [0.1, 0.15) is 17.5 Å². The topological polar surface area (TPSA) is 41.1 Å². The minimum atomic E-state index is 0.481. The molecule has 0 aromatic carbocycles. The smallest absolute Gasteiger partial charge is 0.137 e. The van der Waals surface area contributed by atoms with E-state index >= 15 is 0 Å². The van der Waals surface area contributed by atoms with Crippen molar-refractivity contribution >= 4 is 23.4 Å². The second-order valence-electron chi connectivity index (χ2n) is 5.46. The molecule has 0 radical (unpaired) electrons. The first kappa shape index (κ1) is 18.1. The third-order valence-electron chi connectivity index (χ3n) is 3.76. The summed E-state index contributed by atoms with van der Waals surface area (Å²) in [6, 6.07) is 0.481. The van der Waals surface area contributed by atoms with Crippen molar-refractivity contribution in [2.45, 2.75) is 53.0 Å². The molecule has 0 amide bonds. The Morgan fingerprint density at radius 3 is 2.57 bits per heavy atom. The summed E-state index contributed by atoms with van der Waals surface area (Å²) in [5, 5.41) is 3.43. The minimum absolute atomic E-state index is 0.481. The Morgan fingerprint density at radius 2 is 2.00 bits per heavy atom. The fourth-order valence-corrected chi connectivity index (χ4v) is 2.73. The maximum atomic E-state index is 4.76. The first-order chi connectivity index (χ1) is 10.0. The van der Waals surface area contributed by atoms with Crippen LogP contribution in [0.5, 0.6) is 0 Å². The van der Waals surface area contributed by atoms with Crippen LogP contribution in [0.15, 0.2) is 0 Å². The molecule has 0 aliphatic carbocycles. The van der Waals surface area contributed by atoms with Crippen molar-refractivity contribution in [1.82, 2.24) is 9.97 Å². The van der Waals surface area contributed by atoms with Crippen LogP contribution < -0.4 is 10.2 Å². The van der Waals surface area contributed by atoms with E-state index in [0.29, 0.717) is 6.04 Å². The molecule has 0 aliphatic heterocycles. The van der Waals surface area contributed by atoms with Gasteiger partial charge in [0.25, 0.3) is 0 Å². The summed E-state index contributed by atoms with van der Waals surface area (Å²) < 4.78 is 0. The Balaban J connectivity index is 3.03. The third kappa shape index (κ3) is 5.06. The SMILES string of the molecule is CCCNc1nc(CC)nc(N(C)C(C)CCSC)c1C. The summed E-state index contributed by atoms with van der Waals surface area (Å²) in [5.74, 6) is 4.15. The molecule has 0 fully saturated rings. The predicted octanol–water partition coefficient (Wildman–Crippen LogP) is 3.75. The van der Waals surface area contributed by atoms with E-state index in [4.69, 9.17) is 4.98 Å². The molecule has 21 heavy (non-hydrogen) atoms. The number of hydrogen-bond donors (Lipinski definition) is 1. The largest absolute Gasteiger partial charge is 0.370 e. The molecule has 4 nitrogen and oxygen atoms in total. The van der Waals surface area contributed by atoms with Crippen molar-refractivity contribution < 1.29 is 0 Å². The summed E-state index contributed by atoms with van der Waals surface area (Å²) in [6.07, 6.45) is 5.28. The average Bonchev–Trinajstić information content (AvgIpc) is 2.50. The van der Waals surface area contributed by atoms with E-state index in [0.717, 1.165) is 42.4 Å². The summed E-state index contributed by atoms with van der Waals surface area (Å²) in [6.45, 7) is 9.61. The Morgan fingerprint density at radius 1 is 1.29 bits per heavy atom. The van der Waals surface area contributed by atoms with E-state index in [-0.39, 0.29) is 0 Å². The van der Waals surface area contributed by atoms with Crippen LogP contribution in [0, 0.1) is 6.92 Å². The summed E-state index contributed by atoms with van der Waals surface area (Å²) in [4.78, 5) is 11.7. The van der Waals surface area contributed by atoms with E-state index < -0.39 is 0 Å². The van der Waals surface area contributed by atoms with Crippen LogP contribution in [0.3, 0.4) is 0 Å². The van der Waals surface area contributed by atoms with E-state index in [1.54, 1.807) is 0 Å². The molecule has 0 bridgehead atoms. The molecular weight excluding hydrogens is 280 g/mol. The van der Waals surface area contributed by atoms with Gasteiger partial charge in [-0.15, -0.1) is 0 Å². The number of aryl methyl sites for hydroxylation is 1. The molecule has 0 saturated carbocycles. The number of hydrogen-bond acceptors (Lipinski definition) is 5. The number of anilines is 2. The van der Waals surface area contributed by atoms with Crippen LogP contribution in [-0.4, -0.2) is 41.6 Å². The van der Waals surface area contributed by atoms with Crippen molar-refractivity contribution in [1.29, 1.82) is 0 Å². The number of thioether (sulfide) groups is 1. The van der Waals surface area contributed by atoms with Gasteiger partial charge in [-0.2, -0.15) is 11.8 Å². The number of nitrogens with zero attached hydrogens (tertiary/aromatic N) is 3. The van der Waals surface area contributed by atoms with Crippen LogP contribution in [0.2, 0.25) is 0 Å². The van der Waals surface area contributed by atoms with Gasteiger partial charge < -0.3 is 10.2 Å². The lowest BCUT2D eigenvalue weighted by Crippen LogP contribution is -2.31. The van der Waals surface area contributed by atoms with Gasteiger partial charge in [0.05, 0.1) is 0 Å². The van der Waals surface area contributed by atoms with E-state index in [9.17, 15) is 0 Å². The van der Waals surface area contributed by atoms with E-state index in [1.165, 1.54) is 12.2 Å². The van der Waals surface area contributed by atoms with Crippen LogP contribution >= 0.6 is 11.8 Å². The second-order valence-corrected chi connectivity index (χ2v) is 6.44. The molecule has 1 aromatic rings. The Kier molecular flexibility index (Phi) is 7.86. The maximum absolute atomic E-state index is 4.76. The monoisotopic (exact) mass is 310 g/mol.